The van der Waals surface area contributed by atoms with Crippen molar-refractivity contribution < 1.29 is 14.6 Å². The van der Waals surface area contributed by atoms with Gasteiger partial charge in [-0.2, -0.15) is 0 Å². The van der Waals surface area contributed by atoms with Gasteiger partial charge in [-0.15, -0.1) is 0 Å². The summed E-state index contributed by atoms with van der Waals surface area (Å²) in [6, 6.07) is 10.2. The Morgan fingerprint density at radius 2 is 2.05 bits per heavy atom. The fourth-order valence-electron chi connectivity index (χ4n) is 2.77. The highest BCUT2D eigenvalue weighted by Crippen LogP contribution is 2.30. The molecule has 0 spiro atoms. The van der Waals surface area contributed by atoms with Crippen molar-refractivity contribution in [3.8, 4) is 0 Å². The molecule has 0 heterocycles. The molecule has 1 fully saturated rings. The Labute approximate surface area is 114 Å². The zero-order valence-corrected chi connectivity index (χ0v) is 11.3. The minimum atomic E-state index is -0.688. The second kappa shape index (κ2) is 7.29. The van der Waals surface area contributed by atoms with Gasteiger partial charge in [0.25, 0.3) is 0 Å². The third-order valence-electron chi connectivity index (χ3n) is 3.83. The van der Waals surface area contributed by atoms with E-state index in [4.69, 9.17) is 9.84 Å². The van der Waals surface area contributed by atoms with Gasteiger partial charge in [0.15, 0.2) is 0 Å². The number of hydrogen-bond acceptors (Lipinski definition) is 2. The third kappa shape index (κ3) is 5.03. The maximum atomic E-state index is 10.6. The van der Waals surface area contributed by atoms with Gasteiger partial charge < -0.3 is 9.84 Å². The average molecular weight is 262 g/mol. The Kier molecular flexibility index (Phi) is 5.40. The van der Waals surface area contributed by atoms with Crippen LogP contribution in [0.3, 0.4) is 0 Å². The predicted molar refractivity (Wildman–Crippen MR) is 73.8 cm³/mol. The molecule has 2 unspecified atom stereocenters. The maximum absolute atomic E-state index is 10.6. The van der Waals surface area contributed by atoms with E-state index in [0.717, 1.165) is 32.1 Å². The first kappa shape index (κ1) is 14.1. The van der Waals surface area contributed by atoms with E-state index in [1.807, 2.05) is 18.2 Å². The summed E-state index contributed by atoms with van der Waals surface area (Å²) in [6.07, 6.45) is 5.81. The first-order valence-electron chi connectivity index (χ1n) is 7.11. The van der Waals surface area contributed by atoms with E-state index >= 15 is 0 Å². The second-order valence-corrected chi connectivity index (χ2v) is 5.38. The molecular weight excluding hydrogens is 240 g/mol. The van der Waals surface area contributed by atoms with Crippen LogP contribution in [0, 0.1) is 5.92 Å². The minimum absolute atomic E-state index is 0.288. The van der Waals surface area contributed by atoms with Gasteiger partial charge in [0.1, 0.15) is 0 Å². The zero-order valence-electron chi connectivity index (χ0n) is 11.3. The van der Waals surface area contributed by atoms with E-state index in [-0.39, 0.29) is 6.42 Å². The van der Waals surface area contributed by atoms with Crippen LogP contribution in [0.5, 0.6) is 0 Å². The van der Waals surface area contributed by atoms with Gasteiger partial charge in [0, 0.05) is 6.42 Å². The van der Waals surface area contributed by atoms with Gasteiger partial charge in [0.2, 0.25) is 0 Å². The van der Waals surface area contributed by atoms with Gasteiger partial charge in [-0.25, -0.2) is 0 Å². The largest absolute Gasteiger partial charge is 0.481 e. The lowest BCUT2D eigenvalue weighted by Crippen LogP contribution is -2.23. The molecule has 19 heavy (non-hydrogen) atoms. The molecule has 3 nitrogen and oxygen atoms in total. The number of ether oxygens (including phenoxy) is 1. The quantitative estimate of drug-likeness (QED) is 0.851. The van der Waals surface area contributed by atoms with E-state index in [9.17, 15) is 4.79 Å². The molecule has 1 aliphatic rings. The Morgan fingerprint density at radius 1 is 1.26 bits per heavy atom. The molecule has 0 aliphatic heterocycles. The summed E-state index contributed by atoms with van der Waals surface area (Å²) >= 11 is 0. The van der Waals surface area contributed by atoms with E-state index in [1.54, 1.807) is 0 Å². The van der Waals surface area contributed by atoms with Crippen molar-refractivity contribution in [2.75, 3.05) is 0 Å². The predicted octanol–water partition coefficient (Wildman–Crippen LogP) is 3.63. The molecule has 104 valence electrons. The first-order valence-corrected chi connectivity index (χ1v) is 7.11. The fourth-order valence-corrected chi connectivity index (χ4v) is 2.77. The van der Waals surface area contributed by atoms with Crippen LogP contribution in [0.2, 0.25) is 0 Å². The lowest BCUT2D eigenvalue weighted by atomic mass is 9.84. The fraction of sp³-hybridized carbons (Fsp3) is 0.562. The molecule has 0 amide bonds. The molecule has 1 aromatic rings. The molecule has 0 saturated heterocycles. The van der Waals surface area contributed by atoms with Crippen LogP contribution in [-0.4, -0.2) is 17.2 Å². The highest BCUT2D eigenvalue weighted by molar-refractivity contribution is 5.66. The SMILES string of the molecule is O=C(O)CCC1CCCC(OCc2ccccc2)C1. The molecule has 1 aromatic carbocycles. The molecule has 1 saturated carbocycles. The second-order valence-electron chi connectivity index (χ2n) is 5.38. The molecule has 2 rings (SSSR count). The normalized spacial score (nSPS) is 23.2. The highest BCUT2D eigenvalue weighted by atomic mass is 16.5. The standard InChI is InChI=1S/C16H22O3/c17-16(18)10-9-13-7-4-8-15(11-13)19-12-14-5-2-1-3-6-14/h1-3,5-6,13,15H,4,7-12H2,(H,17,18). The smallest absolute Gasteiger partial charge is 0.303 e. The van der Waals surface area contributed by atoms with Crippen molar-refractivity contribution in [3.63, 3.8) is 0 Å². The minimum Gasteiger partial charge on any atom is -0.481 e. The molecular formula is C16H22O3. The Balaban J connectivity index is 1.73. The van der Waals surface area contributed by atoms with Crippen molar-refractivity contribution in [1.82, 2.24) is 0 Å². The Morgan fingerprint density at radius 3 is 2.79 bits per heavy atom. The highest BCUT2D eigenvalue weighted by Gasteiger charge is 2.22. The number of rotatable bonds is 6. The van der Waals surface area contributed by atoms with Gasteiger partial charge >= 0.3 is 5.97 Å². The van der Waals surface area contributed by atoms with Gasteiger partial charge in [-0.1, -0.05) is 43.2 Å². The summed E-state index contributed by atoms with van der Waals surface area (Å²) in [6.45, 7) is 0.664. The summed E-state index contributed by atoms with van der Waals surface area (Å²) in [5, 5.41) is 8.73. The molecule has 1 aliphatic carbocycles. The molecule has 0 bridgehead atoms. The zero-order chi connectivity index (χ0) is 13.5. The lowest BCUT2D eigenvalue weighted by Gasteiger charge is -2.29. The number of aliphatic carboxylic acids is 1. The number of hydrogen-bond donors (Lipinski definition) is 1. The van der Waals surface area contributed by atoms with Gasteiger partial charge in [-0.05, 0) is 30.7 Å². The average Bonchev–Trinajstić information content (AvgIpc) is 2.44. The van der Waals surface area contributed by atoms with Crippen LogP contribution < -0.4 is 0 Å². The van der Waals surface area contributed by atoms with E-state index in [1.165, 1.54) is 5.56 Å². The summed E-state index contributed by atoms with van der Waals surface area (Å²) in [4.78, 5) is 10.6. The summed E-state index contributed by atoms with van der Waals surface area (Å²) < 4.78 is 5.96. The summed E-state index contributed by atoms with van der Waals surface area (Å²) in [5.74, 6) is -0.169. The third-order valence-corrected chi connectivity index (χ3v) is 3.83. The summed E-state index contributed by atoms with van der Waals surface area (Å²) in [5.41, 5.74) is 1.20. The summed E-state index contributed by atoms with van der Waals surface area (Å²) in [7, 11) is 0. The number of carbonyl (C=O) groups is 1. The van der Waals surface area contributed by atoms with Crippen molar-refractivity contribution in [2.24, 2.45) is 5.92 Å². The van der Waals surface area contributed by atoms with Crippen LogP contribution in [0.15, 0.2) is 30.3 Å². The van der Waals surface area contributed by atoms with Crippen molar-refractivity contribution >= 4 is 5.97 Å². The maximum Gasteiger partial charge on any atom is 0.303 e. The number of benzene rings is 1. The topological polar surface area (TPSA) is 46.5 Å². The van der Waals surface area contributed by atoms with Crippen molar-refractivity contribution in [2.45, 2.75) is 51.2 Å². The van der Waals surface area contributed by atoms with E-state index in [2.05, 4.69) is 12.1 Å². The Hall–Kier alpha value is -1.35. The molecule has 0 aromatic heterocycles. The van der Waals surface area contributed by atoms with Crippen LogP contribution in [0.4, 0.5) is 0 Å². The molecule has 3 heteroatoms. The van der Waals surface area contributed by atoms with E-state index < -0.39 is 5.97 Å². The Bertz CT molecular complexity index is 388. The number of carboxylic acids is 1. The molecule has 0 radical (unpaired) electrons. The van der Waals surface area contributed by atoms with Crippen LogP contribution in [0.25, 0.3) is 0 Å². The lowest BCUT2D eigenvalue weighted by molar-refractivity contribution is -0.137. The number of carboxylic acid groups (broad SMARTS) is 1. The van der Waals surface area contributed by atoms with Crippen molar-refractivity contribution in [1.29, 1.82) is 0 Å². The van der Waals surface area contributed by atoms with Crippen LogP contribution >= 0.6 is 0 Å². The van der Waals surface area contributed by atoms with Gasteiger partial charge in [-0.3, -0.25) is 4.79 Å². The van der Waals surface area contributed by atoms with Crippen molar-refractivity contribution in [3.05, 3.63) is 35.9 Å². The van der Waals surface area contributed by atoms with Gasteiger partial charge in [0.05, 0.1) is 12.7 Å². The van der Waals surface area contributed by atoms with Crippen LogP contribution in [-0.2, 0) is 16.1 Å². The molecule has 1 N–H and O–H groups in total. The van der Waals surface area contributed by atoms with E-state index in [0.29, 0.717) is 18.6 Å². The first-order chi connectivity index (χ1) is 9.24. The molecule has 2 atom stereocenters. The monoisotopic (exact) mass is 262 g/mol. The van der Waals surface area contributed by atoms with Crippen LogP contribution in [0.1, 0.15) is 44.1 Å².